The minimum Gasteiger partial charge on any atom is -0.348 e. The van der Waals surface area contributed by atoms with E-state index in [1.807, 2.05) is 13.8 Å². The highest BCUT2D eigenvalue weighted by atomic mass is 16.7. The van der Waals surface area contributed by atoms with Gasteiger partial charge >= 0.3 is 0 Å². The summed E-state index contributed by atoms with van der Waals surface area (Å²) in [5.74, 6) is -0.813. The molecule has 1 aromatic rings. The van der Waals surface area contributed by atoms with Crippen molar-refractivity contribution in [1.82, 2.24) is 25.6 Å². The number of hydrogen-bond donors (Lipinski definition) is 2. The monoisotopic (exact) mass is 281 g/mol. The van der Waals surface area contributed by atoms with Crippen LogP contribution in [0.15, 0.2) is 6.20 Å². The van der Waals surface area contributed by atoms with Crippen LogP contribution in [0, 0.1) is 0 Å². The highest BCUT2D eigenvalue weighted by Crippen LogP contribution is 2.21. The van der Waals surface area contributed by atoms with E-state index in [9.17, 15) is 4.79 Å². The number of nitrogens with zero attached hydrogens (tertiary/aromatic N) is 3. The van der Waals surface area contributed by atoms with E-state index in [2.05, 4.69) is 20.9 Å². The van der Waals surface area contributed by atoms with Gasteiger partial charge in [0.2, 0.25) is 0 Å². The van der Waals surface area contributed by atoms with E-state index in [0.29, 0.717) is 24.9 Å². The largest absolute Gasteiger partial charge is 0.348 e. The molecule has 2 saturated heterocycles. The molecular formula is C12H19N5O3. The van der Waals surface area contributed by atoms with Gasteiger partial charge in [-0.1, -0.05) is 5.21 Å². The summed E-state index contributed by atoms with van der Waals surface area (Å²) in [6.45, 7) is 6.33. The van der Waals surface area contributed by atoms with Crippen molar-refractivity contribution in [1.29, 1.82) is 0 Å². The topological polar surface area (TPSA) is 90.3 Å². The molecule has 20 heavy (non-hydrogen) atoms. The van der Waals surface area contributed by atoms with Crippen molar-refractivity contribution >= 4 is 5.91 Å². The van der Waals surface area contributed by atoms with Gasteiger partial charge in [0, 0.05) is 19.6 Å². The van der Waals surface area contributed by atoms with E-state index in [0.717, 1.165) is 13.1 Å². The van der Waals surface area contributed by atoms with Gasteiger partial charge in [-0.3, -0.25) is 4.79 Å². The number of aromatic nitrogens is 3. The molecule has 3 heterocycles. The Morgan fingerprint density at radius 2 is 2.40 bits per heavy atom. The molecule has 1 aromatic heterocycles. The lowest BCUT2D eigenvalue weighted by molar-refractivity contribution is -0.137. The molecule has 3 rings (SSSR count). The molecule has 8 nitrogen and oxygen atoms in total. The van der Waals surface area contributed by atoms with Crippen LogP contribution in [0.25, 0.3) is 0 Å². The lowest BCUT2D eigenvalue weighted by atomic mass is 10.2. The third-order valence-electron chi connectivity index (χ3n) is 3.43. The van der Waals surface area contributed by atoms with E-state index >= 15 is 0 Å². The van der Waals surface area contributed by atoms with Gasteiger partial charge < -0.3 is 20.1 Å². The van der Waals surface area contributed by atoms with Crippen LogP contribution >= 0.6 is 0 Å². The average Bonchev–Trinajstić information content (AvgIpc) is 2.91. The Labute approximate surface area is 116 Å². The maximum Gasteiger partial charge on any atom is 0.273 e. The fourth-order valence-electron chi connectivity index (χ4n) is 2.18. The Morgan fingerprint density at radius 1 is 1.60 bits per heavy atom. The highest BCUT2D eigenvalue weighted by Gasteiger charge is 2.32. The minimum absolute atomic E-state index is 0.125. The van der Waals surface area contributed by atoms with Gasteiger partial charge in [-0.15, -0.1) is 5.10 Å². The zero-order valence-electron chi connectivity index (χ0n) is 11.6. The predicted molar refractivity (Wildman–Crippen MR) is 69.2 cm³/mol. The Bertz CT molecular complexity index is 497. The van der Waals surface area contributed by atoms with Crippen LogP contribution in [-0.2, 0) is 9.47 Å². The van der Waals surface area contributed by atoms with Gasteiger partial charge in [0.05, 0.1) is 18.8 Å². The fourth-order valence-corrected chi connectivity index (χ4v) is 2.18. The standard InChI is InChI=1S/C12H19N5O3/c1-12(2)19-7-9(20-12)5-14-11(18)10-6-17(16-15-10)8-3-13-4-8/h6,8-9,13H,3-5,7H2,1-2H3,(H,14,18). The molecule has 1 unspecified atom stereocenters. The highest BCUT2D eigenvalue weighted by molar-refractivity contribution is 5.91. The summed E-state index contributed by atoms with van der Waals surface area (Å²) in [6.07, 6.45) is 1.55. The van der Waals surface area contributed by atoms with Gasteiger partial charge in [-0.05, 0) is 13.8 Å². The molecule has 0 spiro atoms. The maximum absolute atomic E-state index is 12.0. The molecule has 110 valence electrons. The summed E-state index contributed by atoms with van der Waals surface area (Å²) in [5.41, 5.74) is 0.329. The second-order valence-electron chi connectivity index (χ2n) is 5.56. The van der Waals surface area contributed by atoms with Crippen molar-refractivity contribution in [3.63, 3.8) is 0 Å². The van der Waals surface area contributed by atoms with Crippen LogP contribution in [0.5, 0.6) is 0 Å². The quantitative estimate of drug-likeness (QED) is 0.759. The van der Waals surface area contributed by atoms with Crippen molar-refractivity contribution in [2.75, 3.05) is 26.2 Å². The molecular weight excluding hydrogens is 262 g/mol. The normalized spacial score (nSPS) is 25.4. The number of ether oxygens (including phenoxy) is 2. The van der Waals surface area contributed by atoms with Crippen LogP contribution in [0.4, 0.5) is 0 Å². The molecule has 0 aliphatic carbocycles. The third-order valence-corrected chi connectivity index (χ3v) is 3.43. The minimum atomic E-state index is -0.574. The zero-order valence-corrected chi connectivity index (χ0v) is 11.6. The third kappa shape index (κ3) is 2.82. The van der Waals surface area contributed by atoms with Crippen LogP contribution in [0.2, 0.25) is 0 Å². The lowest BCUT2D eigenvalue weighted by Crippen LogP contribution is -2.43. The molecule has 2 aliphatic rings. The van der Waals surface area contributed by atoms with E-state index < -0.39 is 5.79 Å². The number of amides is 1. The Morgan fingerprint density at radius 3 is 3.00 bits per heavy atom. The summed E-state index contributed by atoms with van der Waals surface area (Å²) in [6, 6.07) is 0.302. The van der Waals surface area contributed by atoms with Gasteiger partial charge in [-0.2, -0.15) is 0 Å². The first-order valence-corrected chi connectivity index (χ1v) is 6.76. The molecule has 2 aliphatic heterocycles. The second kappa shape index (κ2) is 5.12. The first-order valence-electron chi connectivity index (χ1n) is 6.76. The van der Waals surface area contributed by atoms with E-state index in [1.54, 1.807) is 10.9 Å². The van der Waals surface area contributed by atoms with Crippen molar-refractivity contribution in [3.05, 3.63) is 11.9 Å². The second-order valence-corrected chi connectivity index (χ2v) is 5.56. The molecule has 1 amide bonds. The predicted octanol–water partition coefficient (Wildman–Crippen LogP) is -0.696. The summed E-state index contributed by atoms with van der Waals surface area (Å²) in [5, 5.41) is 13.8. The first-order chi connectivity index (χ1) is 9.53. The van der Waals surface area contributed by atoms with E-state index in [1.165, 1.54) is 0 Å². The summed E-state index contributed by atoms with van der Waals surface area (Å²) >= 11 is 0. The zero-order chi connectivity index (χ0) is 14.2. The summed E-state index contributed by atoms with van der Waals surface area (Å²) in [7, 11) is 0. The van der Waals surface area contributed by atoms with Crippen LogP contribution in [-0.4, -0.2) is 59.0 Å². The van der Waals surface area contributed by atoms with E-state index in [4.69, 9.17) is 9.47 Å². The van der Waals surface area contributed by atoms with Crippen LogP contribution < -0.4 is 10.6 Å². The molecule has 0 aromatic carbocycles. The van der Waals surface area contributed by atoms with Crippen molar-refractivity contribution in [3.8, 4) is 0 Å². The number of rotatable bonds is 4. The number of carbonyl (C=O) groups is 1. The van der Waals surface area contributed by atoms with Crippen molar-refractivity contribution in [2.45, 2.75) is 31.8 Å². The molecule has 1 atom stereocenters. The summed E-state index contributed by atoms with van der Waals surface area (Å²) in [4.78, 5) is 12.0. The smallest absolute Gasteiger partial charge is 0.273 e. The lowest BCUT2D eigenvalue weighted by Gasteiger charge is -2.26. The molecule has 8 heteroatoms. The van der Waals surface area contributed by atoms with Gasteiger partial charge in [0.15, 0.2) is 11.5 Å². The SMILES string of the molecule is CC1(C)OCC(CNC(=O)c2cn(C3CNC3)nn2)O1. The Balaban J connectivity index is 1.50. The van der Waals surface area contributed by atoms with Gasteiger partial charge in [0.1, 0.15) is 6.10 Å². The fraction of sp³-hybridized carbons (Fsp3) is 0.750. The molecule has 2 N–H and O–H groups in total. The van der Waals surface area contributed by atoms with Crippen molar-refractivity contribution in [2.24, 2.45) is 0 Å². The molecule has 0 radical (unpaired) electrons. The Hall–Kier alpha value is -1.51. The maximum atomic E-state index is 12.0. The van der Waals surface area contributed by atoms with Crippen molar-refractivity contribution < 1.29 is 14.3 Å². The molecule has 2 fully saturated rings. The number of nitrogens with one attached hydrogen (secondary N) is 2. The van der Waals surface area contributed by atoms with Gasteiger partial charge in [0.25, 0.3) is 5.91 Å². The van der Waals surface area contributed by atoms with Gasteiger partial charge in [-0.25, -0.2) is 4.68 Å². The first kappa shape index (κ1) is 13.5. The number of carbonyl (C=O) groups excluding carboxylic acids is 1. The van der Waals surface area contributed by atoms with Crippen LogP contribution in [0.3, 0.4) is 0 Å². The summed E-state index contributed by atoms with van der Waals surface area (Å²) < 4.78 is 12.8. The number of hydrogen-bond acceptors (Lipinski definition) is 6. The van der Waals surface area contributed by atoms with Crippen LogP contribution in [0.1, 0.15) is 30.4 Å². The average molecular weight is 281 g/mol. The molecule has 0 bridgehead atoms. The Kier molecular flexibility index (Phi) is 3.45. The van der Waals surface area contributed by atoms with E-state index in [-0.39, 0.29) is 12.0 Å². The molecule has 0 saturated carbocycles.